The molecule has 2 fully saturated rings. The Morgan fingerprint density at radius 2 is 1.76 bits per heavy atom. The van der Waals surface area contributed by atoms with Gasteiger partial charge in [0.15, 0.2) is 6.61 Å². The third-order valence-corrected chi connectivity index (χ3v) is 5.95. The van der Waals surface area contributed by atoms with Crippen LogP contribution in [0.15, 0.2) is 18.3 Å². The third kappa shape index (κ3) is 6.35. The molecule has 1 unspecified atom stereocenters. The third-order valence-electron chi connectivity index (χ3n) is 5.95. The van der Waals surface area contributed by atoms with Crippen LogP contribution in [0.1, 0.15) is 38.2 Å². The standard InChI is InChI=1S/C22H28F3N3O5/c1-2-32-20(30)15-7-11-27(12-8-15)18(29)14-33-21(31)16-5-4-10-28(13-16)19-17(22(23,24)25)6-3-9-26-19/h3,6,9,15-16H,2,4-5,7-8,10-14H2,1H3. The Morgan fingerprint density at radius 3 is 2.42 bits per heavy atom. The van der Waals surface area contributed by atoms with Gasteiger partial charge < -0.3 is 19.3 Å². The first-order valence-electron chi connectivity index (χ1n) is 11.1. The van der Waals surface area contributed by atoms with Crippen molar-refractivity contribution in [2.24, 2.45) is 11.8 Å². The lowest BCUT2D eigenvalue weighted by Gasteiger charge is -2.34. The van der Waals surface area contributed by atoms with Crippen LogP contribution in [-0.2, 0) is 30.0 Å². The van der Waals surface area contributed by atoms with Crippen molar-refractivity contribution in [1.29, 1.82) is 0 Å². The van der Waals surface area contributed by atoms with Crippen molar-refractivity contribution >= 4 is 23.7 Å². The van der Waals surface area contributed by atoms with Crippen LogP contribution in [0.3, 0.4) is 0 Å². The summed E-state index contributed by atoms with van der Waals surface area (Å²) in [7, 11) is 0. The molecule has 2 saturated heterocycles. The van der Waals surface area contributed by atoms with Crippen LogP contribution >= 0.6 is 0 Å². The summed E-state index contributed by atoms with van der Waals surface area (Å²) < 4.78 is 50.2. The topological polar surface area (TPSA) is 89.0 Å². The molecule has 1 aromatic heterocycles. The number of anilines is 1. The van der Waals surface area contributed by atoms with Gasteiger partial charge in [-0.25, -0.2) is 4.98 Å². The van der Waals surface area contributed by atoms with E-state index in [-0.39, 0.29) is 30.2 Å². The zero-order valence-electron chi connectivity index (χ0n) is 18.5. The molecule has 2 aliphatic heterocycles. The van der Waals surface area contributed by atoms with Crippen LogP contribution in [-0.4, -0.2) is 67.1 Å². The van der Waals surface area contributed by atoms with Crippen molar-refractivity contribution in [1.82, 2.24) is 9.88 Å². The molecule has 182 valence electrons. The smallest absolute Gasteiger partial charge is 0.419 e. The normalized spacial score (nSPS) is 19.8. The Hall–Kier alpha value is -2.85. The number of esters is 2. The number of aromatic nitrogens is 1. The number of nitrogens with zero attached hydrogens (tertiary/aromatic N) is 3. The van der Waals surface area contributed by atoms with Gasteiger partial charge in [-0.15, -0.1) is 0 Å². The van der Waals surface area contributed by atoms with Crippen molar-refractivity contribution < 1.29 is 37.0 Å². The molecule has 0 spiro atoms. The van der Waals surface area contributed by atoms with Gasteiger partial charge in [-0.1, -0.05) is 0 Å². The minimum atomic E-state index is -4.55. The van der Waals surface area contributed by atoms with Gasteiger partial charge in [-0.05, 0) is 44.7 Å². The fourth-order valence-corrected chi connectivity index (χ4v) is 4.20. The number of hydrogen-bond acceptors (Lipinski definition) is 7. The van der Waals surface area contributed by atoms with E-state index >= 15 is 0 Å². The Morgan fingerprint density at radius 1 is 1.06 bits per heavy atom. The second kappa shape index (κ2) is 10.8. The molecule has 1 amide bonds. The highest BCUT2D eigenvalue weighted by Crippen LogP contribution is 2.36. The second-order valence-corrected chi connectivity index (χ2v) is 8.17. The maximum absolute atomic E-state index is 13.3. The molecule has 0 bridgehead atoms. The fraction of sp³-hybridized carbons (Fsp3) is 0.636. The molecule has 3 heterocycles. The number of ether oxygens (including phenoxy) is 2. The summed E-state index contributed by atoms with van der Waals surface area (Å²) in [5, 5.41) is 0. The number of alkyl halides is 3. The molecule has 0 aliphatic carbocycles. The van der Waals surface area contributed by atoms with Crippen molar-refractivity contribution in [2.45, 2.75) is 38.8 Å². The summed E-state index contributed by atoms with van der Waals surface area (Å²) in [6.45, 7) is 2.74. The highest BCUT2D eigenvalue weighted by atomic mass is 19.4. The number of piperidine rings is 2. The molecule has 8 nitrogen and oxygen atoms in total. The Bertz CT molecular complexity index is 856. The van der Waals surface area contributed by atoms with Crippen LogP contribution in [0.2, 0.25) is 0 Å². The van der Waals surface area contributed by atoms with Gasteiger partial charge in [0.05, 0.1) is 24.0 Å². The lowest BCUT2D eigenvalue weighted by molar-refractivity contribution is -0.157. The van der Waals surface area contributed by atoms with E-state index in [1.54, 1.807) is 11.8 Å². The van der Waals surface area contributed by atoms with E-state index in [0.717, 1.165) is 6.07 Å². The van der Waals surface area contributed by atoms with E-state index in [4.69, 9.17) is 9.47 Å². The van der Waals surface area contributed by atoms with Crippen molar-refractivity contribution in [2.75, 3.05) is 44.3 Å². The maximum Gasteiger partial charge on any atom is 0.419 e. The fourth-order valence-electron chi connectivity index (χ4n) is 4.20. The molecule has 0 aromatic carbocycles. The van der Waals surface area contributed by atoms with E-state index in [2.05, 4.69) is 4.98 Å². The first-order valence-corrected chi connectivity index (χ1v) is 11.1. The van der Waals surface area contributed by atoms with E-state index in [1.807, 2.05) is 0 Å². The molecule has 33 heavy (non-hydrogen) atoms. The van der Waals surface area contributed by atoms with Crippen LogP contribution in [0.5, 0.6) is 0 Å². The summed E-state index contributed by atoms with van der Waals surface area (Å²) in [5.74, 6) is -2.33. The van der Waals surface area contributed by atoms with Gasteiger partial charge in [0, 0.05) is 32.4 Å². The van der Waals surface area contributed by atoms with Crippen molar-refractivity contribution in [3.8, 4) is 0 Å². The van der Waals surface area contributed by atoms with Crippen LogP contribution in [0.4, 0.5) is 19.0 Å². The Balaban J connectivity index is 1.50. The summed E-state index contributed by atoms with van der Waals surface area (Å²) in [5.41, 5.74) is -0.847. The molecule has 3 rings (SSSR count). The predicted octanol–water partition coefficient (Wildman–Crippen LogP) is 2.66. The van der Waals surface area contributed by atoms with E-state index in [9.17, 15) is 27.6 Å². The second-order valence-electron chi connectivity index (χ2n) is 8.17. The quantitative estimate of drug-likeness (QED) is 0.590. The molecule has 0 radical (unpaired) electrons. The lowest BCUT2D eigenvalue weighted by atomic mass is 9.97. The summed E-state index contributed by atoms with van der Waals surface area (Å²) >= 11 is 0. The van der Waals surface area contributed by atoms with E-state index in [1.165, 1.54) is 17.2 Å². The summed E-state index contributed by atoms with van der Waals surface area (Å²) in [6, 6.07) is 2.19. The van der Waals surface area contributed by atoms with E-state index < -0.39 is 30.2 Å². The number of pyridine rings is 1. The van der Waals surface area contributed by atoms with E-state index in [0.29, 0.717) is 51.9 Å². The SMILES string of the molecule is CCOC(=O)C1CCN(C(=O)COC(=O)C2CCCN(c3ncccc3C(F)(F)F)C2)CC1. The average molecular weight is 471 g/mol. The molecule has 11 heteroatoms. The van der Waals surface area contributed by atoms with Gasteiger partial charge in [0.25, 0.3) is 5.91 Å². The van der Waals surface area contributed by atoms with Crippen molar-refractivity contribution in [3.63, 3.8) is 0 Å². The van der Waals surface area contributed by atoms with Crippen molar-refractivity contribution in [3.05, 3.63) is 23.9 Å². The van der Waals surface area contributed by atoms with Gasteiger partial charge in [-0.2, -0.15) is 13.2 Å². The average Bonchev–Trinajstić information content (AvgIpc) is 2.82. The molecular weight excluding hydrogens is 443 g/mol. The first-order chi connectivity index (χ1) is 15.7. The van der Waals surface area contributed by atoms with Gasteiger partial charge >= 0.3 is 18.1 Å². The maximum atomic E-state index is 13.3. The number of rotatable bonds is 6. The Kier molecular flexibility index (Phi) is 8.15. The molecule has 2 aliphatic rings. The zero-order valence-corrected chi connectivity index (χ0v) is 18.5. The zero-order chi connectivity index (χ0) is 24.0. The Labute approximate surface area is 190 Å². The van der Waals surface area contributed by atoms with Gasteiger partial charge in [-0.3, -0.25) is 14.4 Å². The largest absolute Gasteiger partial charge is 0.466 e. The first kappa shape index (κ1) is 24.8. The summed E-state index contributed by atoms with van der Waals surface area (Å²) in [6.07, 6.45) is -1.32. The molecule has 0 saturated carbocycles. The summed E-state index contributed by atoms with van der Waals surface area (Å²) in [4.78, 5) is 43.6. The molecule has 1 aromatic rings. The lowest BCUT2D eigenvalue weighted by Crippen LogP contribution is -2.44. The number of carbonyl (C=O) groups is 3. The highest BCUT2D eigenvalue weighted by Gasteiger charge is 2.38. The van der Waals surface area contributed by atoms with Crippen LogP contribution in [0, 0.1) is 11.8 Å². The van der Waals surface area contributed by atoms with Crippen LogP contribution in [0.25, 0.3) is 0 Å². The number of hydrogen-bond donors (Lipinski definition) is 0. The van der Waals surface area contributed by atoms with Gasteiger partial charge in [0.1, 0.15) is 5.82 Å². The minimum absolute atomic E-state index is 0.0397. The monoisotopic (exact) mass is 471 g/mol. The molecular formula is C22H28F3N3O5. The number of amides is 1. The minimum Gasteiger partial charge on any atom is -0.466 e. The number of likely N-dealkylation sites (tertiary alicyclic amines) is 1. The van der Waals surface area contributed by atoms with Crippen LogP contribution < -0.4 is 4.90 Å². The number of carbonyl (C=O) groups excluding carboxylic acids is 3. The highest BCUT2D eigenvalue weighted by molar-refractivity contribution is 5.82. The molecule has 1 atom stereocenters. The number of halogens is 3. The molecule has 0 N–H and O–H groups in total. The van der Waals surface area contributed by atoms with Gasteiger partial charge in [0.2, 0.25) is 0 Å². The predicted molar refractivity (Wildman–Crippen MR) is 111 cm³/mol.